The maximum Gasteiger partial charge on any atom is 0.230 e. The highest BCUT2D eigenvalue weighted by Crippen LogP contribution is 2.37. The summed E-state index contributed by atoms with van der Waals surface area (Å²) in [6.45, 7) is 2.49. The Hall–Kier alpha value is -1.40. The molecule has 1 aliphatic carbocycles. The Morgan fingerprint density at radius 1 is 1.04 bits per heavy atom. The lowest BCUT2D eigenvalue weighted by molar-refractivity contribution is -0.129. The second kappa shape index (κ2) is 9.40. The van der Waals surface area contributed by atoms with Crippen molar-refractivity contribution >= 4 is 15.9 Å². The zero-order chi connectivity index (χ0) is 20.0. The van der Waals surface area contributed by atoms with Crippen LogP contribution in [0.3, 0.4) is 0 Å². The summed E-state index contributed by atoms with van der Waals surface area (Å²) in [4.78, 5) is 13.5. The SMILES string of the molecule is CCS(=O)(=O)N1CCC(C(=O)NC2CCCCCCC2)(c2ccccc2)CC1. The molecule has 1 heterocycles. The molecule has 1 aromatic carbocycles. The molecular weight excluding hydrogens is 372 g/mol. The van der Waals surface area contributed by atoms with E-state index in [1.54, 1.807) is 11.2 Å². The van der Waals surface area contributed by atoms with Crippen LogP contribution in [0.2, 0.25) is 0 Å². The van der Waals surface area contributed by atoms with Crippen LogP contribution in [0, 0.1) is 0 Å². The molecule has 2 aliphatic rings. The van der Waals surface area contributed by atoms with Crippen LogP contribution < -0.4 is 5.32 Å². The molecule has 0 bridgehead atoms. The van der Waals surface area contributed by atoms with Gasteiger partial charge in [-0.05, 0) is 38.2 Å². The molecule has 1 saturated heterocycles. The number of nitrogens with one attached hydrogen (secondary N) is 1. The van der Waals surface area contributed by atoms with Crippen molar-refractivity contribution < 1.29 is 13.2 Å². The van der Waals surface area contributed by atoms with Gasteiger partial charge in [-0.15, -0.1) is 0 Å². The molecule has 0 aromatic heterocycles. The third-order valence-electron chi connectivity index (χ3n) is 6.54. The van der Waals surface area contributed by atoms with Gasteiger partial charge in [-0.2, -0.15) is 0 Å². The average molecular weight is 407 g/mol. The molecule has 3 rings (SSSR count). The van der Waals surface area contributed by atoms with Crippen LogP contribution in [0.5, 0.6) is 0 Å². The largest absolute Gasteiger partial charge is 0.353 e. The molecule has 1 saturated carbocycles. The first-order valence-electron chi connectivity index (χ1n) is 10.8. The first-order valence-corrected chi connectivity index (χ1v) is 12.4. The minimum absolute atomic E-state index is 0.0813. The van der Waals surface area contributed by atoms with Gasteiger partial charge in [0, 0.05) is 19.1 Å². The molecule has 0 atom stereocenters. The minimum Gasteiger partial charge on any atom is -0.353 e. The van der Waals surface area contributed by atoms with Gasteiger partial charge >= 0.3 is 0 Å². The fourth-order valence-electron chi connectivity index (χ4n) is 4.66. The monoisotopic (exact) mass is 406 g/mol. The first kappa shape index (κ1) is 21.3. The number of carbonyl (C=O) groups is 1. The molecule has 156 valence electrons. The molecule has 6 heteroatoms. The second-order valence-corrected chi connectivity index (χ2v) is 10.5. The summed E-state index contributed by atoms with van der Waals surface area (Å²) in [5.41, 5.74) is 0.371. The molecule has 28 heavy (non-hydrogen) atoms. The topological polar surface area (TPSA) is 66.5 Å². The van der Waals surface area contributed by atoms with Gasteiger partial charge in [0.2, 0.25) is 15.9 Å². The number of benzene rings is 1. The third-order valence-corrected chi connectivity index (χ3v) is 8.42. The van der Waals surface area contributed by atoms with Crippen LogP contribution in [-0.2, 0) is 20.2 Å². The van der Waals surface area contributed by atoms with Crippen molar-refractivity contribution in [2.24, 2.45) is 0 Å². The Bertz CT molecular complexity index is 732. The van der Waals surface area contributed by atoms with Crippen molar-refractivity contribution in [3.8, 4) is 0 Å². The van der Waals surface area contributed by atoms with Crippen molar-refractivity contribution in [1.82, 2.24) is 9.62 Å². The molecule has 0 unspecified atom stereocenters. The van der Waals surface area contributed by atoms with Crippen molar-refractivity contribution in [2.75, 3.05) is 18.8 Å². The van der Waals surface area contributed by atoms with Gasteiger partial charge in [0.05, 0.1) is 11.2 Å². The lowest BCUT2D eigenvalue weighted by Gasteiger charge is -2.41. The van der Waals surface area contributed by atoms with E-state index in [2.05, 4.69) is 5.32 Å². The smallest absolute Gasteiger partial charge is 0.230 e. The van der Waals surface area contributed by atoms with Gasteiger partial charge in [0.25, 0.3) is 0 Å². The fourth-order valence-corrected chi connectivity index (χ4v) is 5.76. The number of hydrogen-bond donors (Lipinski definition) is 1. The number of carbonyl (C=O) groups excluding carboxylic acids is 1. The van der Waals surface area contributed by atoms with E-state index in [9.17, 15) is 13.2 Å². The average Bonchev–Trinajstić information content (AvgIpc) is 2.70. The predicted molar refractivity (Wildman–Crippen MR) is 113 cm³/mol. The van der Waals surface area contributed by atoms with Crippen LogP contribution in [0.25, 0.3) is 0 Å². The van der Waals surface area contributed by atoms with E-state index < -0.39 is 15.4 Å². The lowest BCUT2D eigenvalue weighted by Crippen LogP contribution is -2.54. The van der Waals surface area contributed by atoms with E-state index in [4.69, 9.17) is 0 Å². The maximum atomic E-state index is 13.5. The molecular formula is C22H34N2O3S. The van der Waals surface area contributed by atoms with Crippen LogP contribution in [-0.4, -0.2) is 43.5 Å². The Morgan fingerprint density at radius 2 is 1.61 bits per heavy atom. The second-order valence-electron chi connectivity index (χ2n) is 8.26. The van der Waals surface area contributed by atoms with Gasteiger partial charge in [-0.25, -0.2) is 12.7 Å². The van der Waals surface area contributed by atoms with Crippen LogP contribution >= 0.6 is 0 Å². The van der Waals surface area contributed by atoms with E-state index in [0.717, 1.165) is 18.4 Å². The van der Waals surface area contributed by atoms with Crippen LogP contribution in [0.4, 0.5) is 0 Å². The summed E-state index contributed by atoms with van der Waals surface area (Å²) in [7, 11) is -3.21. The highest BCUT2D eigenvalue weighted by molar-refractivity contribution is 7.89. The van der Waals surface area contributed by atoms with Crippen molar-refractivity contribution in [2.45, 2.75) is 76.2 Å². The third kappa shape index (κ3) is 4.77. The van der Waals surface area contributed by atoms with Crippen molar-refractivity contribution in [1.29, 1.82) is 0 Å². The lowest BCUT2D eigenvalue weighted by atomic mass is 9.72. The number of amides is 1. The van der Waals surface area contributed by atoms with Gasteiger partial charge in [0.15, 0.2) is 0 Å². The normalized spacial score (nSPS) is 22.2. The standard InChI is InChI=1S/C22H34N2O3S/c1-2-28(26,27)24-17-15-22(16-18-24,19-11-7-6-8-12-19)21(25)23-20-13-9-4-3-5-10-14-20/h6-8,11-12,20H,2-5,9-10,13-18H2,1H3,(H,23,25). The van der Waals surface area contributed by atoms with Crippen LogP contribution in [0.15, 0.2) is 30.3 Å². The quantitative estimate of drug-likeness (QED) is 0.812. The number of nitrogens with zero attached hydrogens (tertiary/aromatic N) is 1. The fraction of sp³-hybridized carbons (Fsp3) is 0.682. The molecule has 2 fully saturated rings. The van der Waals surface area contributed by atoms with Crippen LogP contribution in [0.1, 0.15) is 70.3 Å². The van der Waals surface area contributed by atoms with E-state index in [-0.39, 0.29) is 17.7 Å². The molecule has 1 aliphatic heterocycles. The van der Waals surface area contributed by atoms with E-state index >= 15 is 0 Å². The zero-order valence-electron chi connectivity index (χ0n) is 17.0. The summed E-state index contributed by atoms with van der Waals surface area (Å²) in [5.74, 6) is 0.192. The van der Waals surface area contributed by atoms with E-state index in [1.165, 1.54) is 32.1 Å². The highest BCUT2D eigenvalue weighted by atomic mass is 32.2. The predicted octanol–water partition coefficient (Wildman–Crippen LogP) is 3.60. The summed E-state index contributed by atoms with van der Waals surface area (Å²) < 4.78 is 26.1. The Kier molecular flexibility index (Phi) is 7.15. The summed E-state index contributed by atoms with van der Waals surface area (Å²) >= 11 is 0. The molecule has 1 amide bonds. The van der Waals surface area contributed by atoms with E-state index in [0.29, 0.717) is 25.9 Å². The minimum atomic E-state index is -3.21. The Balaban J connectivity index is 1.79. The molecule has 1 aromatic rings. The zero-order valence-corrected chi connectivity index (χ0v) is 17.8. The highest BCUT2D eigenvalue weighted by Gasteiger charge is 2.45. The summed E-state index contributed by atoms with van der Waals surface area (Å²) in [6, 6.07) is 10.2. The number of hydrogen-bond acceptors (Lipinski definition) is 3. The van der Waals surface area contributed by atoms with Gasteiger partial charge in [-0.3, -0.25) is 4.79 Å². The molecule has 0 spiro atoms. The Morgan fingerprint density at radius 3 is 2.18 bits per heavy atom. The number of rotatable bonds is 5. The van der Waals surface area contributed by atoms with Crippen molar-refractivity contribution in [3.63, 3.8) is 0 Å². The summed E-state index contributed by atoms with van der Waals surface area (Å²) in [5, 5.41) is 3.36. The first-order chi connectivity index (χ1) is 13.5. The van der Waals surface area contributed by atoms with Crippen molar-refractivity contribution in [3.05, 3.63) is 35.9 Å². The molecule has 5 nitrogen and oxygen atoms in total. The Labute approximate surface area is 169 Å². The maximum absolute atomic E-state index is 13.5. The van der Waals surface area contributed by atoms with E-state index in [1.807, 2.05) is 30.3 Å². The van der Waals surface area contributed by atoms with Gasteiger partial charge in [0.1, 0.15) is 0 Å². The number of piperidine rings is 1. The van der Waals surface area contributed by atoms with Gasteiger partial charge in [-0.1, -0.05) is 62.4 Å². The molecule has 1 N–H and O–H groups in total. The van der Waals surface area contributed by atoms with Gasteiger partial charge < -0.3 is 5.32 Å². The number of sulfonamides is 1. The summed E-state index contributed by atoms with van der Waals surface area (Å²) in [6.07, 6.45) is 9.32. The molecule has 0 radical (unpaired) electrons.